The average Bonchev–Trinajstić information content (AvgIpc) is 3.09. The molecule has 2 atom stereocenters. The number of rotatable bonds is 8. The Labute approximate surface area is 206 Å². The van der Waals surface area contributed by atoms with Gasteiger partial charge in [-0.15, -0.1) is 0 Å². The Bertz CT molecular complexity index is 1190. The van der Waals surface area contributed by atoms with E-state index in [4.69, 9.17) is 4.74 Å². The number of carboxylic acid groups (broad SMARTS) is 1. The van der Waals surface area contributed by atoms with Crippen molar-refractivity contribution in [2.24, 2.45) is 10.5 Å². The molecule has 0 bridgehead atoms. The SMILES string of the molecule is CN1N=C2CCN(C(=O)[C@@H](CCOc3ccc(F)c(F)c3)NC(=O)O)C[C@@]2(Cc2ccccc2)C1=O. The first-order chi connectivity index (χ1) is 17.2. The monoisotopic (exact) mass is 500 g/mol. The number of ether oxygens (including phenoxy) is 1. The van der Waals surface area contributed by atoms with Crippen molar-refractivity contribution in [2.75, 3.05) is 26.7 Å². The lowest BCUT2D eigenvalue weighted by atomic mass is 9.73. The van der Waals surface area contributed by atoms with E-state index in [2.05, 4.69) is 10.4 Å². The predicted octanol–water partition coefficient (Wildman–Crippen LogP) is 2.66. The molecular weight excluding hydrogens is 474 g/mol. The van der Waals surface area contributed by atoms with Crippen LogP contribution in [0.5, 0.6) is 5.75 Å². The van der Waals surface area contributed by atoms with Crippen LogP contribution >= 0.6 is 0 Å². The molecule has 9 nitrogen and oxygen atoms in total. The normalized spacial score (nSPS) is 20.0. The lowest BCUT2D eigenvalue weighted by molar-refractivity contribution is -0.140. The van der Waals surface area contributed by atoms with E-state index in [1.165, 1.54) is 16.0 Å². The highest BCUT2D eigenvalue weighted by atomic mass is 19.2. The fraction of sp³-hybridized carbons (Fsp3) is 0.360. The van der Waals surface area contributed by atoms with Crippen molar-refractivity contribution in [3.05, 3.63) is 65.7 Å². The van der Waals surface area contributed by atoms with Gasteiger partial charge in [-0.2, -0.15) is 5.10 Å². The minimum atomic E-state index is -1.39. The van der Waals surface area contributed by atoms with Crippen LogP contribution in [0.3, 0.4) is 0 Å². The molecule has 0 unspecified atom stereocenters. The third-order valence-electron chi connectivity index (χ3n) is 6.43. The Morgan fingerprint density at radius 2 is 1.94 bits per heavy atom. The van der Waals surface area contributed by atoms with Gasteiger partial charge in [0.1, 0.15) is 17.2 Å². The van der Waals surface area contributed by atoms with Crippen molar-refractivity contribution in [1.82, 2.24) is 15.2 Å². The first-order valence-corrected chi connectivity index (χ1v) is 11.5. The third-order valence-corrected chi connectivity index (χ3v) is 6.43. The maximum Gasteiger partial charge on any atom is 0.405 e. The maximum atomic E-state index is 13.4. The molecule has 0 radical (unpaired) electrons. The molecule has 36 heavy (non-hydrogen) atoms. The summed E-state index contributed by atoms with van der Waals surface area (Å²) in [6.45, 7) is 0.209. The molecule has 2 N–H and O–H groups in total. The molecule has 4 rings (SSSR count). The second-order valence-electron chi connectivity index (χ2n) is 8.84. The summed E-state index contributed by atoms with van der Waals surface area (Å²) in [5.41, 5.74) is 0.593. The van der Waals surface area contributed by atoms with Crippen molar-refractivity contribution in [2.45, 2.75) is 25.3 Å². The van der Waals surface area contributed by atoms with Gasteiger partial charge in [-0.05, 0) is 24.1 Å². The van der Waals surface area contributed by atoms with Crippen LogP contribution in [-0.2, 0) is 16.0 Å². The van der Waals surface area contributed by atoms with Crippen LogP contribution < -0.4 is 10.1 Å². The Hall–Kier alpha value is -4.02. The molecule has 2 aromatic carbocycles. The van der Waals surface area contributed by atoms with Crippen molar-refractivity contribution in [3.8, 4) is 5.75 Å². The summed E-state index contributed by atoms with van der Waals surface area (Å²) in [5.74, 6) is -2.77. The summed E-state index contributed by atoms with van der Waals surface area (Å²) >= 11 is 0. The van der Waals surface area contributed by atoms with Crippen LogP contribution in [0.25, 0.3) is 0 Å². The summed E-state index contributed by atoms with van der Waals surface area (Å²) < 4.78 is 31.9. The number of carbonyl (C=O) groups is 3. The van der Waals surface area contributed by atoms with Crippen LogP contribution in [0.2, 0.25) is 0 Å². The lowest BCUT2D eigenvalue weighted by Gasteiger charge is -2.40. The number of amides is 3. The number of halogens is 2. The van der Waals surface area contributed by atoms with Crippen molar-refractivity contribution >= 4 is 23.6 Å². The van der Waals surface area contributed by atoms with E-state index in [0.717, 1.165) is 17.7 Å². The number of piperidine rings is 1. The van der Waals surface area contributed by atoms with Crippen LogP contribution in [0, 0.1) is 17.0 Å². The predicted molar refractivity (Wildman–Crippen MR) is 125 cm³/mol. The molecule has 2 heterocycles. The van der Waals surface area contributed by atoms with Gasteiger partial charge in [0.05, 0.1) is 12.3 Å². The molecular formula is C25H26F2N4O5. The van der Waals surface area contributed by atoms with Gasteiger partial charge in [-0.25, -0.2) is 18.6 Å². The number of likely N-dealkylation sites (tertiary alicyclic amines) is 1. The number of nitrogens with one attached hydrogen (secondary N) is 1. The topological polar surface area (TPSA) is 112 Å². The number of hydrogen-bond donors (Lipinski definition) is 2. The Balaban J connectivity index is 1.49. The standard InChI is InChI=1S/C25H26F2N4O5/c1-30-23(33)25(14-16-5-3-2-4-6-16)15-31(11-9-21(25)29-30)22(32)20(28-24(34)35)10-12-36-17-7-8-18(26)19(27)13-17/h2-8,13,20,28H,9-12,14-15H2,1H3,(H,34,35)/t20-,25-/m1/s1. The Kier molecular flexibility index (Phi) is 7.18. The fourth-order valence-corrected chi connectivity index (χ4v) is 4.70. The maximum absolute atomic E-state index is 13.4. The second kappa shape index (κ2) is 10.3. The molecule has 0 aromatic heterocycles. The molecule has 190 valence electrons. The fourth-order valence-electron chi connectivity index (χ4n) is 4.70. The van der Waals surface area contributed by atoms with Gasteiger partial charge < -0.3 is 20.1 Å². The molecule has 1 fully saturated rings. The van der Waals surface area contributed by atoms with Crippen molar-refractivity contribution in [1.29, 1.82) is 0 Å². The van der Waals surface area contributed by atoms with Gasteiger partial charge in [-0.3, -0.25) is 9.59 Å². The van der Waals surface area contributed by atoms with E-state index in [0.29, 0.717) is 18.6 Å². The summed E-state index contributed by atoms with van der Waals surface area (Å²) in [4.78, 5) is 39.5. The van der Waals surface area contributed by atoms with Crippen molar-refractivity contribution < 1.29 is 33.0 Å². The number of nitrogens with zero attached hydrogens (tertiary/aromatic N) is 3. The number of hydrogen-bond acceptors (Lipinski definition) is 5. The van der Waals surface area contributed by atoms with Gasteiger partial charge >= 0.3 is 6.09 Å². The quantitative estimate of drug-likeness (QED) is 0.579. The first kappa shape index (κ1) is 25.1. The second-order valence-corrected chi connectivity index (χ2v) is 8.84. The lowest BCUT2D eigenvalue weighted by Crippen LogP contribution is -2.59. The number of carbonyl (C=O) groups excluding carboxylic acids is 2. The van der Waals surface area contributed by atoms with Crippen LogP contribution in [0.15, 0.2) is 53.6 Å². The third kappa shape index (κ3) is 5.14. The number of fused-ring (bicyclic) bond motifs is 1. The zero-order valence-corrected chi connectivity index (χ0v) is 19.6. The van der Waals surface area contributed by atoms with E-state index < -0.39 is 35.1 Å². The van der Waals surface area contributed by atoms with E-state index in [1.807, 2.05) is 30.3 Å². The number of benzene rings is 2. The Morgan fingerprint density at radius 3 is 2.64 bits per heavy atom. The summed E-state index contributed by atoms with van der Waals surface area (Å²) in [7, 11) is 1.58. The van der Waals surface area contributed by atoms with Gasteiger partial charge in [0.2, 0.25) is 5.91 Å². The molecule has 1 saturated heterocycles. The molecule has 11 heteroatoms. The molecule has 2 aliphatic rings. The minimum absolute atomic E-state index is 0.0515. The summed E-state index contributed by atoms with van der Waals surface area (Å²) in [6, 6.07) is 11.3. The highest BCUT2D eigenvalue weighted by Gasteiger charge is 2.53. The molecule has 0 saturated carbocycles. The van der Waals surface area contributed by atoms with E-state index >= 15 is 0 Å². The molecule has 0 aliphatic carbocycles. The van der Waals surface area contributed by atoms with E-state index in [1.54, 1.807) is 7.05 Å². The number of hydrazone groups is 1. The van der Waals surface area contributed by atoms with Gasteiger partial charge in [0.25, 0.3) is 5.91 Å². The molecule has 2 aromatic rings. The van der Waals surface area contributed by atoms with Crippen LogP contribution in [0.1, 0.15) is 18.4 Å². The van der Waals surface area contributed by atoms with Gasteiger partial charge in [0.15, 0.2) is 11.6 Å². The summed E-state index contributed by atoms with van der Waals surface area (Å²) in [6.07, 6.45) is -0.715. The van der Waals surface area contributed by atoms with Crippen LogP contribution in [0.4, 0.5) is 13.6 Å². The minimum Gasteiger partial charge on any atom is -0.493 e. The largest absolute Gasteiger partial charge is 0.493 e. The van der Waals surface area contributed by atoms with Crippen molar-refractivity contribution in [3.63, 3.8) is 0 Å². The van der Waals surface area contributed by atoms with E-state index in [-0.39, 0.29) is 37.8 Å². The highest BCUT2D eigenvalue weighted by Crippen LogP contribution is 2.38. The first-order valence-electron chi connectivity index (χ1n) is 11.5. The van der Waals surface area contributed by atoms with Crippen LogP contribution in [-0.4, -0.2) is 71.4 Å². The van der Waals surface area contributed by atoms with E-state index in [9.17, 15) is 28.3 Å². The Morgan fingerprint density at radius 1 is 1.19 bits per heavy atom. The smallest absolute Gasteiger partial charge is 0.405 e. The molecule has 3 amide bonds. The zero-order chi connectivity index (χ0) is 25.9. The molecule has 0 spiro atoms. The van der Waals surface area contributed by atoms with Gasteiger partial charge in [-0.1, -0.05) is 30.3 Å². The zero-order valence-electron chi connectivity index (χ0n) is 19.6. The van der Waals surface area contributed by atoms with Gasteiger partial charge in [0, 0.05) is 39.0 Å². The highest BCUT2D eigenvalue weighted by molar-refractivity contribution is 6.13. The average molecular weight is 501 g/mol. The molecule has 2 aliphatic heterocycles. The summed E-state index contributed by atoms with van der Waals surface area (Å²) in [5, 5.41) is 17.2.